The van der Waals surface area contributed by atoms with Crippen molar-refractivity contribution in [2.24, 2.45) is 0 Å². The van der Waals surface area contributed by atoms with Gasteiger partial charge in [0.25, 0.3) is 11.8 Å². The number of carbonyl (C=O) groups excluding carboxylic acids is 2. The van der Waals surface area contributed by atoms with Crippen molar-refractivity contribution in [2.75, 3.05) is 0 Å². The Bertz CT molecular complexity index is 996. The molecule has 3 heterocycles. The van der Waals surface area contributed by atoms with Gasteiger partial charge in [0.1, 0.15) is 0 Å². The minimum atomic E-state index is -0.310. The van der Waals surface area contributed by atoms with Crippen LogP contribution in [0, 0.1) is 0 Å². The summed E-state index contributed by atoms with van der Waals surface area (Å²) in [6.07, 6.45) is 2.98. The summed E-state index contributed by atoms with van der Waals surface area (Å²) in [6, 6.07) is 8.03. The fourth-order valence-corrected chi connectivity index (χ4v) is 3.10. The van der Waals surface area contributed by atoms with Crippen LogP contribution in [0.2, 0.25) is 0 Å². The Morgan fingerprint density at radius 2 is 1.76 bits per heavy atom. The van der Waals surface area contributed by atoms with E-state index in [-0.39, 0.29) is 23.8 Å². The highest BCUT2D eigenvalue weighted by atomic mass is 16.2. The SMILES string of the molecule is CC(C)(C)c1ccc(CN2C(=O)c3cnc4[nH]ncc4c3C2=O)cc1. The van der Waals surface area contributed by atoms with Crippen LogP contribution in [-0.2, 0) is 12.0 Å². The Kier molecular flexibility index (Phi) is 3.25. The number of benzene rings is 1. The third-order valence-corrected chi connectivity index (χ3v) is 4.58. The highest BCUT2D eigenvalue weighted by Gasteiger charge is 2.37. The average molecular weight is 334 g/mol. The smallest absolute Gasteiger partial charge is 0.263 e. The third kappa shape index (κ3) is 2.41. The minimum Gasteiger partial charge on any atom is -0.270 e. The molecule has 0 spiro atoms. The molecule has 1 aliphatic rings. The summed E-state index contributed by atoms with van der Waals surface area (Å²) in [7, 11) is 0. The molecule has 0 fully saturated rings. The number of amides is 2. The Balaban J connectivity index is 1.66. The number of carbonyl (C=O) groups is 2. The maximum Gasteiger partial charge on any atom is 0.263 e. The molecular weight excluding hydrogens is 316 g/mol. The molecule has 0 saturated heterocycles. The third-order valence-electron chi connectivity index (χ3n) is 4.58. The van der Waals surface area contributed by atoms with E-state index in [1.165, 1.54) is 22.9 Å². The first-order valence-electron chi connectivity index (χ1n) is 8.14. The van der Waals surface area contributed by atoms with Crippen molar-refractivity contribution in [1.29, 1.82) is 0 Å². The summed E-state index contributed by atoms with van der Waals surface area (Å²) in [5.74, 6) is -0.607. The fourth-order valence-electron chi connectivity index (χ4n) is 3.10. The topological polar surface area (TPSA) is 79.0 Å². The first-order chi connectivity index (χ1) is 11.9. The van der Waals surface area contributed by atoms with E-state index in [2.05, 4.69) is 36.0 Å². The van der Waals surface area contributed by atoms with Crippen molar-refractivity contribution in [3.63, 3.8) is 0 Å². The monoisotopic (exact) mass is 334 g/mol. The summed E-state index contributed by atoms with van der Waals surface area (Å²) >= 11 is 0. The van der Waals surface area contributed by atoms with Gasteiger partial charge in [-0.15, -0.1) is 0 Å². The second-order valence-corrected chi connectivity index (χ2v) is 7.32. The normalized spacial score (nSPS) is 14.4. The lowest BCUT2D eigenvalue weighted by Gasteiger charge is -2.20. The first kappa shape index (κ1) is 15.5. The molecule has 0 unspecified atom stereocenters. The summed E-state index contributed by atoms with van der Waals surface area (Å²) in [5.41, 5.74) is 3.42. The molecule has 126 valence electrons. The van der Waals surface area contributed by atoms with Gasteiger partial charge in [-0.1, -0.05) is 45.0 Å². The maximum absolute atomic E-state index is 12.8. The van der Waals surface area contributed by atoms with E-state index in [1.807, 2.05) is 24.3 Å². The Hall–Kier alpha value is -3.02. The summed E-state index contributed by atoms with van der Waals surface area (Å²) in [5, 5.41) is 7.22. The molecular formula is C19H18N4O2. The van der Waals surface area contributed by atoms with Gasteiger partial charge >= 0.3 is 0 Å². The number of pyridine rings is 1. The van der Waals surface area contributed by atoms with Crippen LogP contribution < -0.4 is 0 Å². The molecule has 6 heteroatoms. The quantitative estimate of drug-likeness (QED) is 0.731. The standard InChI is InChI=1S/C19H18N4O2/c1-19(2,3)12-6-4-11(5-7-12)10-23-17(24)14-8-20-16-13(9-21-22-16)15(14)18(23)25/h4-9H,10H2,1-3H3,(H,20,21,22). The lowest BCUT2D eigenvalue weighted by molar-refractivity contribution is 0.0643. The number of hydrogen-bond donors (Lipinski definition) is 1. The average Bonchev–Trinajstić information content (AvgIpc) is 3.13. The first-order valence-corrected chi connectivity index (χ1v) is 8.14. The molecule has 0 atom stereocenters. The van der Waals surface area contributed by atoms with E-state index in [4.69, 9.17) is 0 Å². The number of hydrogen-bond acceptors (Lipinski definition) is 4. The van der Waals surface area contributed by atoms with Gasteiger partial charge in [0.15, 0.2) is 5.65 Å². The molecule has 0 saturated carbocycles. The van der Waals surface area contributed by atoms with Gasteiger partial charge < -0.3 is 0 Å². The van der Waals surface area contributed by atoms with Crippen molar-refractivity contribution in [3.8, 4) is 0 Å². The van der Waals surface area contributed by atoms with Crippen LogP contribution in [0.25, 0.3) is 11.0 Å². The van der Waals surface area contributed by atoms with E-state index in [0.29, 0.717) is 22.2 Å². The van der Waals surface area contributed by atoms with Gasteiger partial charge in [0, 0.05) is 6.20 Å². The molecule has 2 amide bonds. The predicted molar refractivity (Wildman–Crippen MR) is 93.2 cm³/mol. The van der Waals surface area contributed by atoms with Crippen LogP contribution in [0.4, 0.5) is 0 Å². The number of H-pyrrole nitrogens is 1. The molecule has 1 aromatic carbocycles. The molecule has 4 rings (SSSR count). The van der Waals surface area contributed by atoms with Crippen molar-refractivity contribution >= 4 is 22.8 Å². The zero-order valence-electron chi connectivity index (χ0n) is 14.3. The lowest BCUT2D eigenvalue weighted by Crippen LogP contribution is -2.29. The number of aromatic amines is 1. The van der Waals surface area contributed by atoms with Crippen LogP contribution >= 0.6 is 0 Å². The highest BCUT2D eigenvalue weighted by molar-refractivity contribution is 6.25. The molecule has 0 radical (unpaired) electrons. The molecule has 0 aliphatic carbocycles. The zero-order valence-corrected chi connectivity index (χ0v) is 14.3. The van der Waals surface area contributed by atoms with Crippen LogP contribution in [0.1, 0.15) is 52.6 Å². The van der Waals surface area contributed by atoms with E-state index in [1.54, 1.807) is 0 Å². The van der Waals surface area contributed by atoms with Crippen LogP contribution in [0.15, 0.2) is 36.7 Å². The molecule has 3 aromatic rings. The van der Waals surface area contributed by atoms with Crippen LogP contribution in [0.3, 0.4) is 0 Å². The highest BCUT2D eigenvalue weighted by Crippen LogP contribution is 2.29. The number of imide groups is 1. The van der Waals surface area contributed by atoms with E-state index < -0.39 is 0 Å². The summed E-state index contributed by atoms with van der Waals surface area (Å²) in [6.45, 7) is 6.69. The van der Waals surface area contributed by atoms with Crippen LogP contribution in [0.5, 0.6) is 0 Å². The van der Waals surface area contributed by atoms with Gasteiger partial charge in [-0.25, -0.2) is 4.98 Å². The fraction of sp³-hybridized carbons (Fsp3) is 0.263. The summed E-state index contributed by atoms with van der Waals surface area (Å²) in [4.78, 5) is 30.9. The van der Waals surface area contributed by atoms with E-state index in [0.717, 1.165) is 5.56 Å². The molecule has 0 bridgehead atoms. The van der Waals surface area contributed by atoms with Crippen molar-refractivity contribution in [2.45, 2.75) is 32.7 Å². The Labute approximate surface area is 144 Å². The largest absolute Gasteiger partial charge is 0.270 e. The Morgan fingerprint density at radius 1 is 1.04 bits per heavy atom. The van der Waals surface area contributed by atoms with Gasteiger partial charge in [0.05, 0.1) is 29.3 Å². The van der Waals surface area contributed by atoms with Crippen molar-refractivity contribution in [3.05, 3.63) is 58.9 Å². The van der Waals surface area contributed by atoms with Crippen molar-refractivity contribution in [1.82, 2.24) is 20.1 Å². The number of nitrogens with zero attached hydrogens (tertiary/aromatic N) is 3. The van der Waals surface area contributed by atoms with Crippen molar-refractivity contribution < 1.29 is 9.59 Å². The van der Waals surface area contributed by atoms with Gasteiger partial charge in [-0.3, -0.25) is 19.6 Å². The second-order valence-electron chi connectivity index (χ2n) is 7.32. The van der Waals surface area contributed by atoms with E-state index in [9.17, 15) is 9.59 Å². The molecule has 1 aliphatic heterocycles. The van der Waals surface area contributed by atoms with Crippen LogP contribution in [-0.4, -0.2) is 31.9 Å². The molecule has 6 nitrogen and oxygen atoms in total. The van der Waals surface area contributed by atoms with Gasteiger partial charge in [0.2, 0.25) is 0 Å². The number of aromatic nitrogens is 3. The van der Waals surface area contributed by atoms with Gasteiger partial charge in [-0.2, -0.15) is 5.10 Å². The Morgan fingerprint density at radius 3 is 2.44 bits per heavy atom. The second kappa shape index (κ2) is 5.24. The number of nitrogens with one attached hydrogen (secondary N) is 1. The predicted octanol–water partition coefficient (Wildman–Crippen LogP) is 3.05. The lowest BCUT2D eigenvalue weighted by atomic mass is 9.87. The number of rotatable bonds is 2. The maximum atomic E-state index is 12.8. The van der Waals surface area contributed by atoms with E-state index >= 15 is 0 Å². The summed E-state index contributed by atoms with van der Waals surface area (Å²) < 4.78 is 0. The molecule has 2 aromatic heterocycles. The number of fused-ring (bicyclic) bond motifs is 3. The molecule has 1 N–H and O–H groups in total. The molecule has 25 heavy (non-hydrogen) atoms. The zero-order chi connectivity index (χ0) is 17.8. The minimum absolute atomic E-state index is 0.0621. The van der Waals surface area contributed by atoms with Gasteiger partial charge in [-0.05, 0) is 16.5 Å².